The van der Waals surface area contributed by atoms with Gasteiger partial charge in [-0.3, -0.25) is 0 Å². The maximum absolute atomic E-state index is 13.0. The van der Waals surface area contributed by atoms with Crippen molar-refractivity contribution >= 4 is 28.1 Å². The fourth-order valence-corrected chi connectivity index (χ4v) is 2.66. The predicted octanol–water partition coefficient (Wildman–Crippen LogP) is 2.63. The largest absolute Gasteiger partial charge is 0.493 e. The van der Waals surface area contributed by atoms with Crippen molar-refractivity contribution in [2.45, 2.75) is 6.61 Å². The molecule has 1 heterocycles. The van der Waals surface area contributed by atoms with Crippen molar-refractivity contribution in [3.05, 3.63) is 57.8 Å². The minimum atomic E-state index is -0.292. The molecule has 0 aliphatic carbocycles. The van der Waals surface area contributed by atoms with Gasteiger partial charge in [-0.05, 0) is 61.7 Å². The van der Waals surface area contributed by atoms with Gasteiger partial charge in [-0.2, -0.15) is 5.10 Å². The maximum atomic E-state index is 13.0. The number of halogens is 2. The molecule has 0 spiro atoms. The van der Waals surface area contributed by atoms with Crippen molar-refractivity contribution in [3.8, 4) is 11.5 Å². The van der Waals surface area contributed by atoms with Crippen LogP contribution < -0.4 is 15.2 Å². The SMILES string of the molecule is COc1cc(/C=N\n2nnnc2N)cc(Br)c1OCc1ccc(F)cc1. The third-order valence-corrected chi connectivity index (χ3v) is 3.93. The van der Waals surface area contributed by atoms with E-state index in [9.17, 15) is 4.39 Å². The second-order valence-corrected chi connectivity index (χ2v) is 5.97. The third kappa shape index (κ3) is 4.14. The van der Waals surface area contributed by atoms with Crippen LogP contribution in [0.5, 0.6) is 11.5 Å². The molecule has 0 aliphatic rings. The summed E-state index contributed by atoms with van der Waals surface area (Å²) in [5, 5.41) is 14.6. The quantitative estimate of drug-likeness (QED) is 0.615. The lowest BCUT2D eigenvalue weighted by atomic mass is 10.2. The summed E-state index contributed by atoms with van der Waals surface area (Å²) in [6.07, 6.45) is 1.53. The number of benzene rings is 2. The van der Waals surface area contributed by atoms with Crippen molar-refractivity contribution in [1.82, 2.24) is 20.3 Å². The third-order valence-electron chi connectivity index (χ3n) is 3.34. The Balaban J connectivity index is 1.79. The Hall–Kier alpha value is -3.01. The summed E-state index contributed by atoms with van der Waals surface area (Å²) in [6.45, 7) is 0.268. The molecule has 0 bridgehead atoms. The van der Waals surface area contributed by atoms with E-state index in [4.69, 9.17) is 15.2 Å². The topological polar surface area (TPSA) is 100 Å². The number of tetrazole rings is 1. The van der Waals surface area contributed by atoms with E-state index in [0.29, 0.717) is 16.0 Å². The second-order valence-electron chi connectivity index (χ2n) is 5.12. The van der Waals surface area contributed by atoms with E-state index in [1.54, 1.807) is 24.3 Å². The van der Waals surface area contributed by atoms with Crippen LogP contribution in [-0.4, -0.2) is 33.6 Å². The van der Waals surface area contributed by atoms with E-state index in [1.165, 1.54) is 25.5 Å². The molecule has 0 atom stereocenters. The summed E-state index contributed by atoms with van der Waals surface area (Å²) in [5.41, 5.74) is 7.11. The first kappa shape index (κ1) is 17.8. The van der Waals surface area contributed by atoms with E-state index in [2.05, 4.69) is 36.6 Å². The number of ether oxygens (including phenoxy) is 2. The predicted molar refractivity (Wildman–Crippen MR) is 96.6 cm³/mol. The summed E-state index contributed by atoms with van der Waals surface area (Å²) < 4.78 is 24.8. The van der Waals surface area contributed by atoms with Crippen LogP contribution in [0, 0.1) is 5.82 Å². The molecule has 2 N–H and O–H groups in total. The molecular weight excluding hydrogens is 407 g/mol. The van der Waals surface area contributed by atoms with Crippen molar-refractivity contribution in [3.63, 3.8) is 0 Å². The first-order chi connectivity index (χ1) is 12.6. The van der Waals surface area contributed by atoms with Crippen LogP contribution in [0.2, 0.25) is 0 Å². The van der Waals surface area contributed by atoms with Crippen molar-refractivity contribution < 1.29 is 13.9 Å². The lowest BCUT2D eigenvalue weighted by Crippen LogP contribution is -2.01. The summed E-state index contributed by atoms with van der Waals surface area (Å²) in [5.74, 6) is 0.814. The molecular formula is C16H14BrFN6O2. The minimum Gasteiger partial charge on any atom is -0.493 e. The van der Waals surface area contributed by atoms with E-state index in [0.717, 1.165) is 15.9 Å². The van der Waals surface area contributed by atoms with E-state index in [-0.39, 0.29) is 18.4 Å². The molecule has 134 valence electrons. The van der Waals surface area contributed by atoms with Gasteiger partial charge in [0.1, 0.15) is 12.4 Å². The molecule has 8 nitrogen and oxygen atoms in total. The lowest BCUT2D eigenvalue weighted by molar-refractivity contribution is 0.282. The molecule has 2 aromatic carbocycles. The van der Waals surface area contributed by atoms with Crippen molar-refractivity contribution in [2.75, 3.05) is 12.8 Å². The fraction of sp³-hybridized carbons (Fsp3) is 0.125. The van der Waals surface area contributed by atoms with Gasteiger partial charge in [-0.1, -0.05) is 22.0 Å². The zero-order valence-corrected chi connectivity index (χ0v) is 15.2. The van der Waals surface area contributed by atoms with Gasteiger partial charge in [0.05, 0.1) is 17.8 Å². The van der Waals surface area contributed by atoms with Crippen LogP contribution in [0.15, 0.2) is 46.0 Å². The molecule has 26 heavy (non-hydrogen) atoms. The van der Waals surface area contributed by atoms with Gasteiger partial charge in [0.2, 0.25) is 0 Å². The van der Waals surface area contributed by atoms with Gasteiger partial charge in [-0.25, -0.2) is 4.39 Å². The number of methoxy groups -OCH3 is 1. The Morgan fingerprint density at radius 3 is 2.73 bits per heavy atom. The summed E-state index contributed by atoms with van der Waals surface area (Å²) in [6, 6.07) is 9.63. The highest BCUT2D eigenvalue weighted by Gasteiger charge is 2.12. The Bertz CT molecular complexity index is 929. The Labute approximate surface area is 156 Å². The minimum absolute atomic E-state index is 0.0755. The molecule has 0 radical (unpaired) electrons. The zero-order valence-electron chi connectivity index (χ0n) is 13.6. The van der Waals surface area contributed by atoms with Crippen LogP contribution in [0.4, 0.5) is 10.3 Å². The molecule has 0 aliphatic heterocycles. The molecule has 0 amide bonds. The van der Waals surface area contributed by atoms with Gasteiger partial charge < -0.3 is 15.2 Å². The highest BCUT2D eigenvalue weighted by Crippen LogP contribution is 2.36. The van der Waals surface area contributed by atoms with Gasteiger partial charge in [0.25, 0.3) is 5.95 Å². The second kappa shape index (κ2) is 7.91. The smallest absolute Gasteiger partial charge is 0.263 e. The zero-order chi connectivity index (χ0) is 18.5. The number of hydrogen-bond acceptors (Lipinski definition) is 7. The fourth-order valence-electron chi connectivity index (χ4n) is 2.08. The van der Waals surface area contributed by atoms with Gasteiger partial charge >= 0.3 is 0 Å². The molecule has 0 saturated heterocycles. The maximum Gasteiger partial charge on any atom is 0.263 e. The first-order valence-corrected chi connectivity index (χ1v) is 8.19. The van der Waals surface area contributed by atoms with E-state index < -0.39 is 0 Å². The molecule has 0 unspecified atom stereocenters. The first-order valence-electron chi connectivity index (χ1n) is 7.40. The van der Waals surface area contributed by atoms with Gasteiger partial charge in [0.15, 0.2) is 11.5 Å². The normalized spacial score (nSPS) is 11.0. The molecule has 1 aromatic heterocycles. The van der Waals surface area contributed by atoms with Crippen LogP contribution in [-0.2, 0) is 6.61 Å². The van der Waals surface area contributed by atoms with Gasteiger partial charge in [0, 0.05) is 0 Å². The Kier molecular flexibility index (Phi) is 5.42. The van der Waals surface area contributed by atoms with Crippen molar-refractivity contribution in [1.29, 1.82) is 0 Å². The summed E-state index contributed by atoms with van der Waals surface area (Å²) >= 11 is 3.46. The molecule has 3 aromatic rings. The lowest BCUT2D eigenvalue weighted by Gasteiger charge is -2.13. The average molecular weight is 421 g/mol. The molecule has 3 rings (SSSR count). The number of nitrogen functional groups attached to an aromatic ring is 1. The Morgan fingerprint density at radius 1 is 1.31 bits per heavy atom. The van der Waals surface area contributed by atoms with Crippen LogP contribution in [0.3, 0.4) is 0 Å². The highest BCUT2D eigenvalue weighted by molar-refractivity contribution is 9.10. The van der Waals surface area contributed by atoms with E-state index in [1.807, 2.05) is 0 Å². The number of aromatic nitrogens is 4. The number of nitrogens with zero attached hydrogens (tertiary/aromatic N) is 5. The van der Waals surface area contributed by atoms with Crippen LogP contribution in [0.25, 0.3) is 0 Å². The number of rotatable bonds is 6. The molecule has 0 saturated carbocycles. The van der Waals surface area contributed by atoms with Crippen molar-refractivity contribution in [2.24, 2.45) is 5.10 Å². The monoisotopic (exact) mass is 420 g/mol. The molecule has 10 heteroatoms. The van der Waals surface area contributed by atoms with Crippen LogP contribution in [0.1, 0.15) is 11.1 Å². The number of anilines is 1. The standard InChI is InChI=1S/C16H14BrFN6O2/c1-25-14-7-11(8-20-24-16(19)21-22-23-24)6-13(17)15(14)26-9-10-2-4-12(18)5-3-10/h2-8H,9H2,1H3,(H2,19,21,23)/b20-8-. The van der Waals surface area contributed by atoms with E-state index >= 15 is 0 Å². The Morgan fingerprint density at radius 2 is 2.08 bits per heavy atom. The molecule has 0 fully saturated rings. The number of hydrogen-bond donors (Lipinski definition) is 1. The summed E-state index contributed by atoms with van der Waals surface area (Å²) in [7, 11) is 1.53. The van der Waals surface area contributed by atoms with Gasteiger partial charge in [-0.15, -0.1) is 0 Å². The highest BCUT2D eigenvalue weighted by atomic mass is 79.9. The summed E-state index contributed by atoms with van der Waals surface area (Å²) in [4.78, 5) is 1.10. The van der Waals surface area contributed by atoms with Crippen LogP contribution >= 0.6 is 15.9 Å². The average Bonchev–Trinajstić information content (AvgIpc) is 3.05. The number of nitrogens with two attached hydrogens (primary N) is 1.